The Hall–Kier alpha value is -2.04. The first-order valence-electron chi connectivity index (χ1n) is 9.62. The lowest BCUT2D eigenvalue weighted by atomic mass is 9.78. The minimum atomic E-state index is -1.31. The smallest absolute Gasteiger partial charge is 0.323 e. The molecular formula is C21H30O5. The molecule has 1 aromatic heterocycles. The monoisotopic (exact) mass is 362 g/mol. The third-order valence-electron chi connectivity index (χ3n) is 5.08. The Bertz CT molecular complexity index is 610. The van der Waals surface area contributed by atoms with E-state index in [1.54, 1.807) is 19.9 Å². The van der Waals surface area contributed by atoms with Gasteiger partial charge in [-0.15, -0.1) is 6.58 Å². The summed E-state index contributed by atoms with van der Waals surface area (Å²) in [5.74, 6) is -0.141. The molecule has 1 aliphatic rings. The van der Waals surface area contributed by atoms with Crippen LogP contribution >= 0.6 is 0 Å². The number of fused-ring (bicyclic) bond motifs is 1. The molecule has 0 saturated heterocycles. The predicted molar refractivity (Wildman–Crippen MR) is 98.8 cm³/mol. The number of hydrogen-bond acceptors (Lipinski definition) is 5. The van der Waals surface area contributed by atoms with Crippen LogP contribution in [-0.2, 0) is 38.3 Å². The van der Waals surface area contributed by atoms with Crippen LogP contribution in [0.1, 0.15) is 62.8 Å². The summed E-state index contributed by atoms with van der Waals surface area (Å²) >= 11 is 0. The number of carbonyl (C=O) groups excluding carboxylic acids is 2. The van der Waals surface area contributed by atoms with Gasteiger partial charge in [0.15, 0.2) is 5.41 Å². The largest absolute Gasteiger partial charge is 0.469 e. The lowest BCUT2D eigenvalue weighted by molar-refractivity contribution is -0.173. The average molecular weight is 362 g/mol. The Labute approximate surface area is 155 Å². The minimum absolute atomic E-state index is 0.226. The fourth-order valence-corrected chi connectivity index (χ4v) is 3.63. The SMILES string of the molecule is C=CCCC(CCc1occ2c1CCCC2)(C(=O)OCC)C(=O)OCC. The van der Waals surface area contributed by atoms with Gasteiger partial charge in [-0.05, 0) is 69.9 Å². The molecule has 0 fully saturated rings. The standard InChI is InChI=1S/C21H30O5/c1-4-7-13-21(19(22)24-5-2,20(23)25-6-3)14-12-18-17-11-9-8-10-16(17)15-26-18/h4,15H,1,5-14H2,2-3H3. The molecule has 0 aliphatic heterocycles. The molecule has 0 atom stereocenters. The zero-order valence-corrected chi connectivity index (χ0v) is 16.0. The summed E-state index contributed by atoms with van der Waals surface area (Å²) in [6.07, 6.45) is 9.60. The highest BCUT2D eigenvalue weighted by Gasteiger charge is 2.48. The van der Waals surface area contributed by atoms with Crippen LogP contribution in [0.3, 0.4) is 0 Å². The molecule has 0 bridgehead atoms. The molecule has 0 N–H and O–H groups in total. The second-order valence-corrected chi connectivity index (χ2v) is 6.72. The molecule has 0 unspecified atom stereocenters. The van der Waals surface area contributed by atoms with Crippen LogP contribution < -0.4 is 0 Å². The molecule has 0 amide bonds. The summed E-state index contributed by atoms with van der Waals surface area (Å²) in [4.78, 5) is 25.5. The molecular weight excluding hydrogens is 332 g/mol. The number of aryl methyl sites for hydroxylation is 2. The number of esters is 2. The second-order valence-electron chi connectivity index (χ2n) is 6.72. The van der Waals surface area contributed by atoms with Crippen molar-refractivity contribution in [2.45, 2.75) is 65.2 Å². The van der Waals surface area contributed by atoms with Crippen LogP contribution in [0.4, 0.5) is 0 Å². The van der Waals surface area contributed by atoms with Gasteiger partial charge >= 0.3 is 11.9 Å². The van der Waals surface area contributed by atoms with Gasteiger partial charge in [-0.2, -0.15) is 0 Å². The maximum atomic E-state index is 12.7. The van der Waals surface area contributed by atoms with Crippen LogP contribution in [0.15, 0.2) is 23.3 Å². The molecule has 5 nitrogen and oxygen atoms in total. The summed E-state index contributed by atoms with van der Waals surface area (Å²) in [6.45, 7) is 7.65. The first-order chi connectivity index (χ1) is 12.6. The summed E-state index contributed by atoms with van der Waals surface area (Å²) in [7, 11) is 0. The van der Waals surface area contributed by atoms with Crippen LogP contribution in [-0.4, -0.2) is 25.2 Å². The number of rotatable bonds is 10. The predicted octanol–water partition coefficient (Wildman–Crippen LogP) is 4.17. The molecule has 0 radical (unpaired) electrons. The van der Waals surface area contributed by atoms with Gasteiger partial charge in [-0.1, -0.05) is 6.08 Å². The highest BCUT2D eigenvalue weighted by Crippen LogP contribution is 2.36. The Morgan fingerprint density at radius 2 is 1.81 bits per heavy atom. The number of carbonyl (C=O) groups is 2. The minimum Gasteiger partial charge on any atom is -0.469 e. The molecule has 1 aromatic rings. The van der Waals surface area contributed by atoms with Crippen LogP contribution in [0, 0.1) is 5.41 Å². The van der Waals surface area contributed by atoms with Gasteiger partial charge in [0.2, 0.25) is 0 Å². The molecule has 2 rings (SSSR count). The highest BCUT2D eigenvalue weighted by atomic mass is 16.6. The summed E-state index contributed by atoms with van der Waals surface area (Å²) in [6, 6.07) is 0. The third-order valence-corrected chi connectivity index (χ3v) is 5.08. The molecule has 1 aliphatic carbocycles. The van der Waals surface area contributed by atoms with E-state index in [9.17, 15) is 9.59 Å². The summed E-state index contributed by atoms with van der Waals surface area (Å²) < 4.78 is 16.3. The van der Waals surface area contributed by atoms with Gasteiger partial charge < -0.3 is 13.9 Å². The Morgan fingerprint density at radius 1 is 1.15 bits per heavy atom. The normalized spacial score (nSPS) is 13.8. The van der Waals surface area contributed by atoms with Crippen molar-refractivity contribution in [1.82, 2.24) is 0 Å². The van der Waals surface area contributed by atoms with Crippen molar-refractivity contribution in [3.05, 3.63) is 35.8 Å². The van der Waals surface area contributed by atoms with Crippen molar-refractivity contribution in [3.63, 3.8) is 0 Å². The number of allylic oxidation sites excluding steroid dienone is 1. The topological polar surface area (TPSA) is 65.7 Å². The Kier molecular flexibility index (Phi) is 7.49. The van der Waals surface area contributed by atoms with E-state index in [1.165, 1.54) is 17.5 Å². The van der Waals surface area contributed by atoms with E-state index in [2.05, 4.69) is 6.58 Å². The zero-order chi connectivity index (χ0) is 19.0. The van der Waals surface area contributed by atoms with E-state index < -0.39 is 17.4 Å². The van der Waals surface area contributed by atoms with Gasteiger partial charge in [0.05, 0.1) is 19.5 Å². The summed E-state index contributed by atoms with van der Waals surface area (Å²) in [5, 5.41) is 0. The molecule has 0 spiro atoms. The Balaban J connectivity index is 2.26. The van der Waals surface area contributed by atoms with E-state index >= 15 is 0 Å². The molecule has 144 valence electrons. The maximum Gasteiger partial charge on any atom is 0.323 e. The van der Waals surface area contributed by atoms with E-state index in [4.69, 9.17) is 13.9 Å². The van der Waals surface area contributed by atoms with Gasteiger partial charge in [-0.3, -0.25) is 9.59 Å². The van der Waals surface area contributed by atoms with Crippen molar-refractivity contribution < 1.29 is 23.5 Å². The van der Waals surface area contributed by atoms with E-state index in [0.717, 1.165) is 25.0 Å². The molecule has 26 heavy (non-hydrogen) atoms. The third kappa shape index (κ3) is 4.37. The second kappa shape index (κ2) is 9.60. The van der Waals surface area contributed by atoms with Gasteiger partial charge in [0.1, 0.15) is 5.76 Å². The van der Waals surface area contributed by atoms with E-state index in [0.29, 0.717) is 25.7 Å². The van der Waals surface area contributed by atoms with Gasteiger partial charge in [0.25, 0.3) is 0 Å². The fraction of sp³-hybridized carbons (Fsp3) is 0.619. The highest BCUT2D eigenvalue weighted by molar-refractivity contribution is 6.00. The van der Waals surface area contributed by atoms with Crippen molar-refractivity contribution in [2.75, 3.05) is 13.2 Å². The first-order valence-corrected chi connectivity index (χ1v) is 9.62. The van der Waals surface area contributed by atoms with E-state index in [1.807, 2.05) is 6.26 Å². The molecule has 1 heterocycles. The average Bonchev–Trinajstić information content (AvgIpc) is 3.06. The number of hydrogen-bond donors (Lipinski definition) is 0. The lowest BCUT2D eigenvalue weighted by Crippen LogP contribution is -2.42. The summed E-state index contributed by atoms with van der Waals surface area (Å²) in [5.41, 5.74) is 1.20. The quantitative estimate of drug-likeness (QED) is 0.355. The number of ether oxygens (including phenoxy) is 2. The van der Waals surface area contributed by atoms with Crippen molar-refractivity contribution in [3.8, 4) is 0 Å². The van der Waals surface area contributed by atoms with Crippen LogP contribution in [0.25, 0.3) is 0 Å². The maximum absolute atomic E-state index is 12.7. The van der Waals surface area contributed by atoms with Crippen molar-refractivity contribution >= 4 is 11.9 Å². The zero-order valence-electron chi connectivity index (χ0n) is 16.0. The van der Waals surface area contributed by atoms with Crippen molar-refractivity contribution in [1.29, 1.82) is 0 Å². The Morgan fingerprint density at radius 3 is 2.42 bits per heavy atom. The van der Waals surface area contributed by atoms with E-state index in [-0.39, 0.29) is 13.2 Å². The number of furan rings is 1. The van der Waals surface area contributed by atoms with Crippen molar-refractivity contribution in [2.24, 2.45) is 5.41 Å². The molecule has 0 saturated carbocycles. The lowest BCUT2D eigenvalue weighted by Gasteiger charge is -2.28. The van der Waals surface area contributed by atoms with Gasteiger partial charge in [0, 0.05) is 6.42 Å². The first kappa shape index (κ1) is 20.3. The van der Waals surface area contributed by atoms with Gasteiger partial charge in [-0.25, -0.2) is 0 Å². The fourth-order valence-electron chi connectivity index (χ4n) is 3.63. The molecule has 0 aromatic carbocycles. The van der Waals surface area contributed by atoms with Crippen LogP contribution in [0.2, 0.25) is 0 Å². The molecule has 5 heteroatoms. The van der Waals surface area contributed by atoms with Crippen LogP contribution in [0.5, 0.6) is 0 Å².